The van der Waals surface area contributed by atoms with Gasteiger partial charge in [-0.05, 0) is 82.4 Å². The average Bonchev–Trinajstić information content (AvgIpc) is 2.75. The Morgan fingerprint density at radius 1 is 0.828 bits per heavy atom. The highest BCUT2D eigenvalue weighted by atomic mass is 79.9. The van der Waals surface area contributed by atoms with Crippen molar-refractivity contribution in [2.45, 2.75) is 26.9 Å². The molecule has 5 heteroatoms. The smallest absolute Gasteiger partial charge is 0.160 e. The second-order valence-corrected chi connectivity index (χ2v) is 7.81. The monoisotopic (exact) mass is 457 g/mol. The lowest BCUT2D eigenvalue weighted by molar-refractivity contribution is 0.414. The molecule has 0 radical (unpaired) electrons. The van der Waals surface area contributed by atoms with E-state index < -0.39 is 0 Å². The molecule has 0 atom stereocenters. The van der Waals surface area contributed by atoms with Gasteiger partial charge in [0.15, 0.2) is 5.82 Å². The van der Waals surface area contributed by atoms with Crippen LogP contribution in [0.1, 0.15) is 22.3 Å². The maximum absolute atomic E-state index is 15.2. The zero-order chi connectivity index (χ0) is 21.0. The third-order valence-electron chi connectivity index (χ3n) is 5.10. The molecule has 3 rings (SSSR count). The molecular formula is C24H25BrFNO2. The van der Waals surface area contributed by atoms with E-state index in [1.165, 1.54) is 0 Å². The van der Waals surface area contributed by atoms with Gasteiger partial charge in [0, 0.05) is 13.1 Å². The minimum Gasteiger partial charge on any atom is -0.497 e. The molecule has 0 aliphatic heterocycles. The number of anilines is 1. The van der Waals surface area contributed by atoms with Gasteiger partial charge < -0.3 is 14.4 Å². The minimum absolute atomic E-state index is 0.241. The van der Waals surface area contributed by atoms with Crippen LogP contribution >= 0.6 is 15.9 Å². The Labute approximate surface area is 180 Å². The third kappa shape index (κ3) is 4.91. The second-order valence-electron chi connectivity index (χ2n) is 7.02. The second kappa shape index (κ2) is 9.31. The number of ether oxygens (including phenoxy) is 2. The van der Waals surface area contributed by atoms with Crippen molar-refractivity contribution in [3.05, 3.63) is 87.1 Å². The highest BCUT2D eigenvalue weighted by Crippen LogP contribution is 2.33. The summed E-state index contributed by atoms with van der Waals surface area (Å²) in [5, 5.41) is 0. The molecule has 3 aromatic rings. The van der Waals surface area contributed by atoms with Crippen LogP contribution in [0.2, 0.25) is 0 Å². The van der Waals surface area contributed by atoms with Crippen molar-refractivity contribution in [2.75, 3.05) is 19.1 Å². The molecule has 3 nitrogen and oxygen atoms in total. The molecule has 0 spiro atoms. The maximum atomic E-state index is 15.2. The first-order valence-corrected chi connectivity index (χ1v) is 10.2. The molecule has 0 N–H and O–H groups in total. The van der Waals surface area contributed by atoms with E-state index in [1.54, 1.807) is 14.2 Å². The van der Waals surface area contributed by atoms with Gasteiger partial charge in [0.25, 0.3) is 0 Å². The van der Waals surface area contributed by atoms with Crippen LogP contribution in [-0.2, 0) is 13.1 Å². The topological polar surface area (TPSA) is 21.7 Å². The van der Waals surface area contributed by atoms with E-state index in [4.69, 9.17) is 9.47 Å². The summed E-state index contributed by atoms with van der Waals surface area (Å²) < 4.78 is 26.2. The predicted octanol–water partition coefficient (Wildman–Crippen LogP) is 6.43. The van der Waals surface area contributed by atoms with Crippen LogP contribution in [0.4, 0.5) is 10.1 Å². The van der Waals surface area contributed by atoms with Crippen molar-refractivity contribution < 1.29 is 13.9 Å². The van der Waals surface area contributed by atoms with Crippen LogP contribution in [0.5, 0.6) is 11.5 Å². The number of aryl methyl sites for hydroxylation is 1. The molecule has 0 fully saturated rings. The van der Waals surface area contributed by atoms with Gasteiger partial charge in [-0.1, -0.05) is 24.3 Å². The van der Waals surface area contributed by atoms with E-state index in [0.29, 0.717) is 23.2 Å². The summed E-state index contributed by atoms with van der Waals surface area (Å²) in [6, 6.07) is 17.6. The van der Waals surface area contributed by atoms with Crippen molar-refractivity contribution in [1.29, 1.82) is 0 Å². The van der Waals surface area contributed by atoms with Crippen molar-refractivity contribution in [2.24, 2.45) is 0 Å². The predicted molar refractivity (Wildman–Crippen MR) is 119 cm³/mol. The van der Waals surface area contributed by atoms with Crippen molar-refractivity contribution >= 4 is 21.6 Å². The lowest BCUT2D eigenvalue weighted by Gasteiger charge is -2.27. The van der Waals surface area contributed by atoms with Gasteiger partial charge >= 0.3 is 0 Å². The van der Waals surface area contributed by atoms with Crippen LogP contribution in [0.15, 0.2) is 59.1 Å². The van der Waals surface area contributed by atoms with E-state index in [1.807, 2.05) is 68.4 Å². The lowest BCUT2D eigenvalue weighted by Crippen LogP contribution is -2.23. The maximum Gasteiger partial charge on any atom is 0.160 e. The molecule has 3 aromatic carbocycles. The Bertz CT molecular complexity index is 922. The highest BCUT2D eigenvalue weighted by Gasteiger charge is 2.18. The van der Waals surface area contributed by atoms with Crippen molar-refractivity contribution in [1.82, 2.24) is 0 Å². The van der Waals surface area contributed by atoms with Gasteiger partial charge in [0.2, 0.25) is 0 Å². The Hall–Kier alpha value is -2.53. The summed E-state index contributed by atoms with van der Waals surface area (Å²) in [4.78, 5) is 2.05. The molecule has 0 aromatic heterocycles. The van der Waals surface area contributed by atoms with E-state index in [9.17, 15) is 0 Å². The minimum atomic E-state index is -0.241. The first-order valence-electron chi connectivity index (χ1n) is 9.39. The zero-order valence-electron chi connectivity index (χ0n) is 17.1. The number of halogens is 2. The summed E-state index contributed by atoms with van der Waals surface area (Å²) >= 11 is 3.42. The van der Waals surface area contributed by atoms with Gasteiger partial charge in [-0.2, -0.15) is 0 Å². The Morgan fingerprint density at radius 3 is 1.69 bits per heavy atom. The van der Waals surface area contributed by atoms with E-state index in [0.717, 1.165) is 33.8 Å². The van der Waals surface area contributed by atoms with Crippen LogP contribution in [0.3, 0.4) is 0 Å². The molecule has 0 heterocycles. The molecular weight excluding hydrogens is 433 g/mol. The molecule has 0 aliphatic rings. The van der Waals surface area contributed by atoms with Crippen LogP contribution in [-0.4, -0.2) is 14.2 Å². The summed E-state index contributed by atoms with van der Waals surface area (Å²) in [6.45, 7) is 5.06. The number of hydrogen-bond acceptors (Lipinski definition) is 3. The van der Waals surface area contributed by atoms with Gasteiger partial charge in [0.1, 0.15) is 11.5 Å². The molecule has 0 bridgehead atoms. The first-order chi connectivity index (χ1) is 13.9. The fourth-order valence-electron chi connectivity index (χ4n) is 3.19. The van der Waals surface area contributed by atoms with E-state index in [-0.39, 0.29) is 5.82 Å². The first kappa shape index (κ1) is 21.2. The largest absolute Gasteiger partial charge is 0.497 e. The molecule has 0 unspecified atom stereocenters. The molecule has 29 heavy (non-hydrogen) atoms. The fourth-order valence-corrected chi connectivity index (χ4v) is 3.70. The number of nitrogens with zero attached hydrogens (tertiary/aromatic N) is 1. The quantitative estimate of drug-likeness (QED) is 0.407. The van der Waals surface area contributed by atoms with Gasteiger partial charge in [-0.25, -0.2) is 4.39 Å². The van der Waals surface area contributed by atoms with Crippen LogP contribution in [0, 0.1) is 19.7 Å². The van der Waals surface area contributed by atoms with Crippen LogP contribution in [0.25, 0.3) is 0 Å². The zero-order valence-corrected chi connectivity index (χ0v) is 18.7. The number of methoxy groups -OCH3 is 2. The molecule has 0 saturated heterocycles. The SMILES string of the molecule is COc1ccc(CN(Cc2ccc(OC)cc2)c2cc(C)c(C)c(Br)c2F)cc1. The van der Waals surface area contributed by atoms with Gasteiger partial charge in [0.05, 0.1) is 24.4 Å². The average molecular weight is 458 g/mol. The third-order valence-corrected chi connectivity index (χ3v) is 6.04. The standard InChI is InChI=1S/C24H25BrFNO2/c1-16-13-22(24(26)23(25)17(16)2)27(14-18-5-9-20(28-3)10-6-18)15-19-7-11-21(29-4)12-8-19/h5-13H,14-15H2,1-4H3. The highest BCUT2D eigenvalue weighted by molar-refractivity contribution is 9.10. The summed E-state index contributed by atoms with van der Waals surface area (Å²) in [7, 11) is 3.29. The number of benzene rings is 3. The molecule has 0 saturated carbocycles. The van der Waals surface area contributed by atoms with Gasteiger partial charge in [-0.15, -0.1) is 0 Å². The molecule has 0 amide bonds. The van der Waals surface area contributed by atoms with E-state index >= 15 is 4.39 Å². The van der Waals surface area contributed by atoms with Crippen molar-refractivity contribution in [3.8, 4) is 11.5 Å². The summed E-state index contributed by atoms with van der Waals surface area (Å²) in [6.07, 6.45) is 0. The number of rotatable bonds is 7. The molecule has 152 valence electrons. The fraction of sp³-hybridized carbons (Fsp3) is 0.250. The normalized spacial score (nSPS) is 10.7. The van der Waals surface area contributed by atoms with E-state index in [2.05, 4.69) is 20.8 Å². The summed E-state index contributed by atoms with van der Waals surface area (Å²) in [5.41, 5.74) is 4.69. The Morgan fingerprint density at radius 2 is 1.28 bits per heavy atom. The van der Waals surface area contributed by atoms with Crippen LogP contribution < -0.4 is 14.4 Å². The lowest BCUT2D eigenvalue weighted by atomic mass is 10.1. The van der Waals surface area contributed by atoms with Gasteiger partial charge in [-0.3, -0.25) is 0 Å². The Kier molecular flexibility index (Phi) is 6.80. The number of hydrogen-bond donors (Lipinski definition) is 0. The van der Waals surface area contributed by atoms with Crippen molar-refractivity contribution in [3.63, 3.8) is 0 Å². The molecule has 0 aliphatic carbocycles. The summed E-state index contributed by atoms with van der Waals surface area (Å²) in [5.74, 6) is 1.36. The Balaban J connectivity index is 1.98.